The van der Waals surface area contributed by atoms with E-state index in [1.807, 2.05) is 44.2 Å². The molecule has 1 N–H and O–H groups in total. The van der Waals surface area contributed by atoms with Crippen molar-refractivity contribution in [3.63, 3.8) is 0 Å². The van der Waals surface area contributed by atoms with Crippen LogP contribution in [0.5, 0.6) is 0 Å². The quantitative estimate of drug-likeness (QED) is 0.513. The van der Waals surface area contributed by atoms with E-state index in [1.54, 1.807) is 6.20 Å². The first kappa shape index (κ1) is 16.4. The zero-order valence-corrected chi connectivity index (χ0v) is 15.5. The summed E-state index contributed by atoms with van der Waals surface area (Å²) in [6, 6.07) is 18.1. The smallest absolute Gasteiger partial charge is 0.271 e. The number of rotatable bonds is 2. The molecule has 6 nitrogen and oxygen atoms in total. The van der Waals surface area contributed by atoms with Crippen LogP contribution in [0.2, 0.25) is 0 Å². The molecule has 0 bridgehead atoms. The van der Waals surface area contributed by atoms with Crippen molar-refractivity contribution in [3.05, 3.63) is 82.5 Å². The fraction of sp³-hybridized carbons (Fsp3) is 0.0909. The van der Waals surface area contributed by atoms with Crippen LogP contribution in [0, 0.1) is 13.8 Å². The molecular weight excluding hydrogens is 350 g/mol. The second-order valence-corrected chi connectivity index (χ2v) is 6.85. The summed E-state index contributed by atoms with van der Waals surface area (Å²) in [5.41, 5.74) is 3.71. The molecule has 136 valence electrons. The standard InChI is InChI=1S/C22H17N5O/c1-13-11-14(2)25-22(24-13)27-21(28)19-18(9-10-23-20(19)26-27)17-8-7-15-5-3-4-6-16(15)12-17/h3-12H,1-2H3,(H,23,26). The molecule has 0 radical (unpaired) electrons. The predicted molar refractivity (Wildman–Crippen MR) is 110 cm³/mol. The van der Waals surface area contributed by atoms with Gasteiger partial charge in [0.15, 0.2) is 5.65 Å². The number of aryl methyl sites for hydroxylation is 2. The molecule has 6 heteroatoms. The van der Waals surface area contributed by atoms with Gasteiger partial charge in [0.25, 0.3) is 11.5 Å². The van der Waals surface area contributed by atoms with E-state index < -0.39 is 0 Å². The van der Waals surface area contributed by atoms with E-state index in [-0.39, 0.29) is 5.56 Å². The van der Waals surface area contributed by atoms with Gasteiger partial charge in [-0.25, -0.2) is 15.0 Å². The summed E-state index contributed by atoms with van der Waals surface area (Å²) in [4.78, 5) is 26.4. The molecule has 0 aliphatic heterocycles. The van der Waals surface area contributed by atoms with Crippen LogP contribution in [0.1, 0.15) is 11.4 Å². The number of nitrogens with zero attached hydrogens (tertiary/aromatic N) is 4. The third kappa shape index (κ3) is 2.58. The van der Waals surface area contributed by atoms with Gasteiger partial charge in [0, 0.05) is 17.6 Å². The van der Waals surface area contributed by atoms with Crippen molar-refractivity contribution >= 4 is 21.8 Å². The summed E-state index contributed by atoms with van der Waals surface area (Å²) < 4.78 is 1.36. The van der Waals surface area contributed by atoms with Gasteiger partial charge in [-0.1, -0.05) is 36.4 Å². The van der Waals surface area contributed by atoms with Gasteiger partial charge in [-0.2, -0.15) is 4.68 Å². The van der Waals surface area contributed by atoms with E-state index in [0.29, 0.717) is 17.0 Å². The van der Waals surface area contributed by atoms with E-state index in [4.69, 9.17) is 0 Å². The Labute approximate surface area is 160 Å². The highest BCUT2D eigenvalue weighted by atomic mass is 16.1. The first-order chi connectivity index (χ1) is 13.6. The minimum Gasteiger partial charge on any atom is -0.271 e. The lowest BCUT2D eigenvalue weighted by Gasteiger charge is -2.04. The third-order valence-electron chi connectivity index (χ3n) is 4.82. The molecule has 2 aromatic carbocycles. The maximum absolute atomic E-state index is 13.2. The average Bonchev–Trinajstić information content (AvgIpc) is 3.04. The molecular formula is C22H17N5O. The van der Waals surface area contributed by atoms with Crippen LogP contribution < -0.4 is 5.56 Å². The molecule has 0 aliphatic rings. The fourth-order valence-electron chi connectivity index (χ4n) is 3.58. The Bertz CT molecular complexity index is 1390. The third-order valence-corrected chi connectivity index (χ3v) is 4.82. The molecule has 0 saturated carbocycles. The highest BCUT2D eigenvalue weighted by Gasteiger charge is 2.16. The van der Waals surface area contributed by atoms with Crippen molar-refractivity contribution in [2.75, 3.05) is 0 Å². The Morgan fingerprint density at radius 1 is 0.893 bits per heavy atom. The van der Waals surface area contributed by atoms with E-state index in [0.717, 1.165) is 33.3 Å². The Kier molecular flexibility index (Phi) is 3.58. The summed E-state index contributed by atoms with van der Waals surface area (Å²) in [6.07, 6.45) is 1.70. The van der Waals surface area contributed by atoms with Crippen molar-refractivity contribution in [2.45, 2.75) is 13.8 Å². The predicted octanol–water partition coefficient (Wildman–Crippen LogP) is 3.94. The van der Waals surface area contributed by atoms with Crippen LogP contribution >= 0.6 is 0 Å². The lowest BCUT2D eigenvalue weighted by Crippen LogP contribution is -2.18. The number of fused-ring (bicyclic) bond motifs is 2. The van der Waals surface area contributed by atoms with Crippen LogP contribution in [0.15, 0.2) is 65.6 Å². The van der Waals surface area contributed by atoms with Gasteiger partial charge in [0.2, 0.25) is 0 Å². The molecule has 0 spiro atoms. The van der Waals surface area contributed by atoms with Crippen LogP contribution in [0.4, 0.5) is 0 Å². The van der Waals surface area contributed by atoms with Crippen molar-refractivity contribution in [1.29, 1.82) is 0 Å². The summed E-state index contributed by atoms with van der Waals surface area (Å²) in [6.45, 7) is 3.76. The van der Waals surface area contributed by atoms with Crippen molar-refractivity contribution in [3.8, 4) is 17.1 Å². The molecule has 0 saturated heterocycles. The van der Waals surface area contributed by atoms with Gasteiger partial charge in [0.1, 0.15) is 0 Å². The Morgan fingerprint density at radius 2 is 1.64 bits per heavy atom. The van der Waals surface area contributed by atoms with E-state index >= 15 is 0 Å². The van der Waals surface area contributed by atoms with Crippen molar-refractivity contribution in [2.24, 2.45) is 0 Å². The lowest BCUT2D eigenvalue weighted by molar-refractivity contribution is 0.778. The minimum atomic E-state index is -0.212. The minimum absolute atomic E-state index is 0.212. The maximum atomic E-state index is 13.2. The van der Waals surface area contributed by atoms with Crippen LogP contribution in [-0.2, 0) is 0 Å². The van der Waals surface area contributed by atoms with Gasteiger partial charge >= 0.3 is 0 Å². The summed E-state index contributed by atoms with van der Waals surface area (Å²) in [5, 5.41) is 5.86. The summed E-state index contributed by atoms with van der Waals surface area (Å²) in [7, 11) is 0. The largest absolute Gasteiger partial charge is 0.284 e. The molecule has 28 heavy (non-hydrogen) atoms. The van der Waals surface area contributed by atoms with Crippen molar-refractivity contribution in [1.82, 2.24) is 24.7 Å². The van der Waals surface area contributed by atoms with Gasteiger partial charge in [-0.3, -0.25) is 9.89 Å². The maximum Gasteiger partial charge on any atom is 0.284 e. The molecule has 0 atom stereocenters. The number of aromatic nitrogens is 5. The zero-order chi connectivity index (χ0) is 19.3. The molecule has 0 unspecified atom stereocenters. The monoisotopic (exact) mass is 367 g/mol. The van der Waals surface area contributed by atoms with Gasteiger partial charge in [0.05, 0.1) is 5.39 Å². The van der Waals surface area contributed by atoms with Gasteiger partial charge < -0.3 is 0 Å². The number of hydrogen-bond acceptors (Lipinski definition) is 4. The topological polar surface area (TPSA) is 76.5 Å². The Balaban J connectivity index is 1.76. The number of hydrogen-bond donors (Lipinski definition) is 1. The second-order valence-electron chi connectivity index (χ2n) is 6.85. The highest BCUT2D eigenvalue weighted by Crippen LogP contribution is 2.28. The van der Waals surface area contributed by atoms with Gasteiger partial charge in [-0.15, -0.1) is 0 Å². The molecule has 5 aromatic rings. The van der Waals surface area contributed by atoms with E-state index in [1.165, 1.54) is 4.68 Å². The molecule has 5 rings (SSSR count). The molecule has 3 aromatic heterocycles. The molecule has 3 heterocycles. The number of pyridine rings is 1. The number of H-pyrrole nitrogens is 1. The SMILES string of the molecule is Cc1cc(C)nc(-n2[nH]c3nccc(-c4ccc5ccccc5c4)c3c2=O)n1. The zero-order valence-electron chi connectivity index (χ0n) is 15.5. The second kappa shape index (κ2) is 6.13. The highest BCUT2D eigenvalue weighted by molar-refractivity contribution is 5.95. The normalized spacial score (nSPS) is 11.4. The number of nitrogens with one attached hydrogen (secondary N) is 1. The van der Waals surface area contributed by atoms with Crippen LogP contribution in [-0.4, -0.2) is 24.7 Å². The van der Waals surface area contributed by atoms with Crippen LogP contribution in [0.25, 0.3) is 38.9 Å². The van der Waals surface area contributed by atoms with Gasteiger partial charge in [-0.05, 0) is 53.9 Å². The molecule has 0 fully saturated rings. The average molecular weight is 367 g/mol. The number of aromatic amines is 1. The Hall–Kier alpha value is -3.80. The molecule has 0 amide bonds. The summed E-state index contributed by atoms with van der Waals surface area (Å²) >= 11 is 0. The molecule has 0 aliphatic carbocycles. The Morgan fingerprint density at radius 3 is 2.43 bits per heavy atom. The first-order valence-corrected chi connectivity index (χ1v) is 9.02. The number of benzene rings is 2. The van der Waals surface area contributed by atoms with Crippen molar-refractivity contribution < 1.29 is 0 Å². The van der Waals surface area contributed by atoms with Crippen LogP contribution in [0.3, 0.4) is 0 Å². The fourth-order valence-corrected chi connectivity index (χ4v) is 3.58. The van der Waals surface area contributed by atoms with E-state index in [9.17, 15) is 4.79 Å². The first-order valence-electron chi connectivity index (χ1n) is 9.02. The lowest BCUT2D eigenvalue weighted by atomic mass is 10.0. The summed E-state index contributed by atoms with van der Waals surface area (Å²) in [5.74, 6) is 0.324. The van der Waals surface area contributed by atoms with E-state index in [2.05, 4.69) is 44.3 Å².